The van der Waals surface area contributed by atoms with Gasteiger partial charge in [0.1, 0.15) is 0 Å². The summed E-state index contributed by atoms with van der Waals surface area (Å²) in [5.74, 6) is 2.33. The Hall–Kier alpha value is -0.240. The molecule has 0 amide bonds. The zero-order chi connectivity index (χ0) is 32.4. The highest BCUT2D eigenvalue weighted by Gasteiger charge is 2.53. The first-order valence-corrected chi connectivity index (χ1v) is 18.7. The van der Waals surface area contributed by atoms with Crippen molar-refractivity contribution in [1.82, 2.24) is 14.7 Å². The highest BCUT2D eigenvalue weighted by atomic mass is 16.5. The molecule has 0 aromatic heterocycles. The monoisotopic (exact) mass is 620 g/mol. The molecule has 6 heterocycles. The van der Waals surface area contributed by atoms with E-state index in [1.54, 1.807) is 0 Å². The van der Waals surface area contributed by atoms with Crippen molar-refractivity contribution in [3.8, 4) is 0 Å². The summed E-state index contributed by atoms with van der Waals surface area (Å²) in [6.07, 6.45) is 9.31. The van der Waals surface area contributed by atoms with Gasteiger partial charge in [0.15, 0.2) is 0 Å². The Kier molecular flexibility index (Phi) is 12.4. The molecule has 3 spiro atoms. The Morgan fingerprint density at radius 3 is 1.30 bits per heavy atom. The molecular weight excluding hydrogens is 546 g/mol. The molecule has 0 aromatic rings. The van der Waals surface area contributed by atoms with Crippen molar-refractivity contribution in [2.24, 2.45) is 23.2 Å². The molecule has 6 heteroatoms. The molecule has 6 saturated heterocycles. The van der Waals surface area contributed by atoms with Crippen LogP contribution in [0.4, 0.5) is 0 Å². The van der Waals surface area contributed by atoms with Crippen LogP contribution < -0.4 is 0 Å². The maximum absolute atomic E-state index is 5.55. The lowest BCUT2D eigenvalue weighted by molar-refractivity contribution is -0.143. The molecule has 0 bridgehead atoms. The van der Waals surface area contributed by atoms with Gasteiger partial charge >= 0.3 is 0 Å². The van der Waals surface area contributed by atoms with Gasteiger partial charge in [-0.05, 0) is 104 Å². The molecule has 0 saturated carbocycles. The first kappa shape index (κ1) is 36.6. The van der Waals surface area contributed by atoms with Crippen molar-refractivity contribution < 1.29 is 14.2 Å². The van der Waals surface area contributed by atoms with Gasteiger partial charge in [0.2, 0.25) is 0 Å². The molecule has 6 aliphatic rings. The fourth-order valence-corrected chi connectivity index (χ4v) is 10.0. The van der Waals surface area contributed by atoms with E-state index in [0.29, 0.717) is 34.6 Å². The molecule has 0 N–H and O–H groups in total. The van der Waals surface area contributed by atoms with E-state index in [2.05, 4.69) is 97.8 Å². The zero-order valence-corrected chi connectivity index (χ0v) is 31.2. The number of rotatable bonds is 6. The van der Waals surface area contributed by atoms with Gasteiger partial charge in [-0.3, -0.25) is 14.7 Å². The maximum Gasteiger partial charge on any atom is 0.0683 e. The average Bonchev–Trinajstić information content (AvgIpc) is 3.62. The lowest BCUT2D eigenvalue weighted by atomic mass is 9.82. The maximum atomic E-state index is 5.55. The van der Waals surface area contributed by atoms with E-state index >= 15 is 0 Å². The summed E-state index contributed by atoms with van der Waals surface area (Å²) >= 11 is 0. The van der Waals surface area contributed by atoms with Crippen LogP contribution in [0.5, 0.6) is 0 Å². The lowest BCUT2D eigenvalue weighted by Gasteiger charge is -2.49. The molecule has 258 valence electrons. The third-order valence-electron chi connectivity index (χ3n) is 12.3. The summed E-state index contributed by atoms with van der Waals surface area (Å²) in [4.78, 5) is 8.22. The minimum Gasteiger partial charge on any atom is -0.381 e. The predicted molar refractivity (Wildman–Crippen MR) is 184 cm³/mol. The van der Waals surface area contributed by atoms with Crippen LogP contribution in [-0.4, -0.2) is 108 Å². The first-order valence-electron chi connectivity index (χ1n) is 18.7. The Morgan fingerprint density at radius 2 is 0.955 bits per heavy atom. The molecule has 0 aromatic carbocycles. The van der Waals surface area contributed by atoms with E-state index in [1.807, 2.05) is 0 Å². The smallest absolute Gasteiger partial charge is 0.0683 e. The Labute approximate surface area is 273 Å². The summed E-state index contributed by atoms with van der Waals surface area (Å²) in [6, 6.07) is 4.36. The Bertz CT molecular complexity index is 846. The van der Waals surface area contributed by atoms with Gasteiger partial charge in [0.05, 0.1) is 32.0 Å². The van der Waals surface area contributed by atoms with E-state index in [4.69, 9.17) is 14.2 Å². The highest BCUT2D eigenvalue weighted by molar-refractivity contribution is 5.07. The van der Waals surface area contributed by atoms with Crippen LogP contribution in [0.1, 0.15) is 128 Å². The number of hydrogen-bond acceptors (Lipinski definition) is 6. The summed E-state index contributed by atoms with van der Waals surface area (Å²) in [5, 5.41) is 0. The molecule has 0 radical (unpaired) electrons. The van der Waals surface area contributed by atoms with Crippen LogP contribution >= 0.6 is 0 Å². The molecule has 6 nitrogen and oxygen atoms in total. The lowest BCUT2D eigenvalue weighted by Crippen LogP contribution is -2.63. The molecule has 6 rings (SSSR count). The van der Waals surface area contributed by atoms with Crippen LogP contribution in [0.15, 0.2) is 0 Å². The minimum atomic E-state index is 0.420. The van der Waals surface area contributed by atoms with Crippen LogP contribution in [-0.2, 0) is 14.2 Å². The van der Waals surface area contributed by atoms with Gasteiger partial charge in [-0.15, -0.1) is 0 Å². The van der Waals surface area contributed by atoms with E-state index in [0.717, 1.165) is 75.5 Å². The van der Waals surface area contributed by atoms with Crippen molar-refractivity contribution in [2.45, 2.75) is 175 Å². The average molecular weight is 620 g/mol. The SMILES string of the molecule is CC(C)[C@@H]1CC2(COC2)CN1C(C)C.CC(C)[C@@H]1CCC2(CCOCC2)N1C(C)C.CC(C)[C@@H]1CCC2(COC2)N1C(C)C. The fourth-order valence-electron chi connectivity index (χ4n) is 10.0. The number of likely N-dealkylation sites (tertiary alicyclic amines) is 3. The molecule has 6 fully saturated rings. The molecule has 0 aliphatic carbocycles. The van der Waals surface area contributed by atoms with Crippen LogP contribution in [0, 0.1) is 23.2 Å². The van der Waals surface area contributed by atoms with Crippen molar-refractivity contribution in [3.63, 3.8) is 0 Å². The van der Waals surface area contributed by atoms with Gasteiger partial charge < -0.3 is 14.2 Å². The summed E-state index contributed by atoms with van der Waals surface area (Å²) in [5.41, 5.74) is 1.42. The number of ether oxygens (including phenoxy) is 3. The van der Waals surface area contributed by atoms with Crippen molar-refractivity contribution in [2.75, 3.05) is 46.2 Å². The third kappa shape index (κ3) is 7.57. The third-order valence-corrected chi connectivity index (χ3v) is 12.3. The molecule has 44 heavy (non-hydrogen) atoms. The molecule has 3 atom stereocenters. The largest absolute Gasteiger partial charge is 0.381 e. The number of hydrogen-bond donors (Lipinski definition) is 0. The van der Waals surface area contributed by atoms with Crippen LogP contribution in [0.3, 0.4) is 0 Å². The topological polar surface area (TPSA) is 37.4 Å². The van der Waals surface area contributed by atoms with Gasteiger partial charge in [-0.2, -0.15) is 0 Å². The standard InChI is InChI=1S/C14H27NO.2C12H23NO/c1-11(2)13-5-6-14(15(13)12(3)4)7-9-16-10-8-14;1-9(2)11-5-12(7-14-8-12)6-13(11)10(3)4;1-9(2)11-5-6-12(7-14-8-12)13(11)10(3)4/h11-13H,5-10H2,1-4H3;2*9-11H,5-8H2,1-4H3/t13-;2*11-/m000/s1. The van der Waals surface area contributed by atoms with Crippen molar-refractivity contribution in [3.05, 3.63) is 0 Å². The van der Waals surface area contributed by atoms with E-state index in [1.165, 1.54) is 51.5 Å². The quantitative estimate of drug-likeness (QED) is 0.307. The highest BCUT2D eigenvalue weighted by Crippen LogP contribution is 2.46. The molecule has 6 aliphatic heterocycles. The van der Waals surface area contributed by atoms with E-state index in [9.17, 15) is 0 Å². The molecule has 0 unspecified atom stereocenters. The van der Waals surface area contributed by atoms with Crippen LogP contribution in [0.2, 0.25) is 0 Å². The molecular formula is C38H73N3O3. The van der Waals surface area contributed by atoms with E-state index in [-0.39, 0.29) is 0 Å². The summed E-state index contributed by atoms with van der Waals surface area (Å²) in [7, 11) is 0. The van der Waals surface area contributed by atoms with Crippen molar-refractivity contribution >= 4 is 0 Å². The number of nitrogens with zero attached hydrogens (tertiary/aromatic N) is 3. The second-order valence-electron chi connectivity index (χ2n) is 17.5. The van der Waals surface area contributed by atoms with E-state index < -0.39 is 0 Å². The second-order valence-corrected chi connectivity index (χ2v) is 17.5. The first-order chi connectivity index (χ1) is 20.7. The van der Waals surface area contributed by atoms with Gasteiger partial charge in [0, 0.05) is 67.0 Å². The second kappa shape index (κ2) is 14.9. The summed E-state index contributed by atoms with van der Waals surface area (Å²) in [6.45, 7) is 35.2. The summed E-state index contributed by atoms with van der Waals surface area (Å²) < 4.78 is 16.4. The van der Waals surface area contributed by atoms with Gasteiger partial charge in [-0.1, -0.05) is 41.5 Å². The predicted octanol–water partition coefficient (Wildman–Crippen LogP) is 7.49. The van der Waals surface area contributed by atoms with Crippen molar-refractivity contribution in [1.29, 1.82) is 0 Å². The zero-order valence-electron chi connectivity index (χ0n) is 31.2. The fraction of sp³-hybridized carbons (Fsp3) is 1.00. The normalized spacial score (nSPS) is 31.4. The Balaban J connectivity index is 0.000000151. The van der Waals surface area contributed by atoms with Crippen LogP contribution in [0.25, 0.3) is 0 Å². The van der Waals surface area contributed by atoms with Gasteiger partial charge in [0.25, 0.3) is 0 Å². The van der Waals surface area contributed by atoms with Gasteiger partial charge in [-0.25, -0.2) is 0 Å². The minimum absolute atomic E-state index is 0.420. The Morgan fingerprint density at radius 1 is 0.500 bits per heavy atom.